The first-order chi connectivity index (χ1) is 9.42. The summed E-state index contributed by atoms with van der Waals surface area (Å²) in [6.45, 7) is 3.49. The fourth-order valence-corrected chi connectivity index (χ4v) is 2.92. The Hall–Kier alpha value is -1.31. The normalized spacial score (nSPS) is 11.6. The number of methoxy groups -OCH3 is 1. The highest BCUT2D eigenvalue weighted by Crippen LogP contribution is 2.25. The van der Waals surface area contributed by atoms with Gasteiger partial charge in [0.15, 0.2) is 0 Å². The molecule has 7 heteroatoms. The molecule has 0 amide bonds. The highest BCUT2D eigenvalue weighted by atomic mass is 32.2. The molecule has 114 valence electrons. The van der Waals surface area contributed by atoms with E-state index in [0.29, 0.717) is 24.5 Å². The van der Waals surface area contributed by atoms with E-state index in [2.05, 4.69) is 4.72 Å². The van der Waals surface area contributed by atoms with Crippen molar-refractivity contribution in [1.82, 2.24) is 4.72 Å². The van der Waals surface area contributed by atoms with Gasteiger partial charge in [0.05, 0.1) is 16.3 Å². The fourth-order valence-electron chi connectivity index (χ4n) is 1.86. The maximum absolute atomic E-state index is 12.0. The standard InChI is InChI=1S/C13H23N3O3S/c1-4-15-20(17,18)11-6-7-12(14)13(10-11)16(2)8-5-9-19-3/h6-7,10,15H,4-5,8-9,14H2,1-3H3. The van der Waals surface area contributed by atoms with E-state index in [4.69, 9.17) is 10.5 Å². The molecule has 0 aromatic heterocycles. The second kappa shape index (κ2) is 7.47. The van der Waals surface area contributed by atoms with Gasteiger partial charge in [-0.3, -0.25) is 0 Å². The Kier molecular flexibility index (Phi) is 6.25. The lowest BCUT2D eigenvalue weighted by molar-refractivity contribution is 0.196. The van der Waals surface area contributed by atoms with Crippen LogP contribution in [-0.4, -0.2) is 42.3 Å². The molecule has 0 fully saturated rings. The van der Waals surface area contributed by atoms with Crippen LogP contribution >= 0.6 is 0 Å². The summed E-state index contributed by atoms with van der Waals surface area (Å²) in [5, 5.41) is 0. The molecule has 1 aromatic carbocycles. The third-order valence-corrected chi connectivity index (χ3v) is 4.44. The molecule has 0 bridgehead atoms. The third-order valence-electron chi connectivity index (χ3n) is 2.90. The molecule has 0 aliphatic carbocycles. The number of sulfonamides is 1. The molecular weight excluding hydrogens is 278 g/mol. The highest BCUT2D eigenvalue weighted by molar-refractivity contribution is 7.89. The number of hydrogen-bond acceptors (Lipinski definition) is 5. The zero-order valence-electron chi connectivity index (χ0n) is 12.2. The number of nitrogen functional groups attached to an aromatic ring is 1. The maximum Gasteiger partial charge on any atom is 0.240 e. The molecule has 6 nitrogen and oxygen atoms in total. The summed E-state index contributed by atoms with van der Waals surface area (Å²) < 4.78 is 31.4. The van der Waals surface area contributed by atoms with Gasteiger partial charge in [0.25, 0.3) is 0 Å². The van der Waals surface area contributed by atoms with Crippen LogP contribution in [0.15, 0.2) is 23.1 Å². The van der Waals surface area contributed by atoms with Gasteiger partial charge in [-0.15, -0.1) is 0 Å². The Morgan fingerprint density at radius 1 is 1.40 bits per heavy atom. The fraction of sp³-hybridized carbons (Fsp3) is 0.538. The predicted octanol–water partition coefficient (Wildman–Crippen LogP) is 1.04. The van der Waals surface area contributed by atoms with Gasteiger partial charge in [0, 0.05) is 33.9 Å². The van der Waals surface area contributed by atoms with Crippen LogP contribution in [0.25, 0.3) is 0 Å². The number of hydrogen-bond donors (Lipinski definition) is 2. The smallest absolute Gasteiger partial charge is 0.240 e. The number of rotatable bonds is 8. The maximum atomic E-state index is 12.0. The quantitative estimate of drug-likeness (QED) is 0.553. The van der Waals surface area contributed by atoms with Crippen LogP contribution in [0.3, 0.4) is 0 Å². The Bertz CT molecular complexity index is 532. The molecule has 20 heavy (non-hydrogen) atoms. The van der Waals surface area contributed by atoms with E-state index in [1.54, 1.807) is 26.2 Å². The number of ether oxygens (including phenoxy) is 1. The molecule has 0 saturated heterocycles. The molecule has 0 atom stereocenters. The Morgan fingerprint density at radius 3 is 2.70 bits per heavy atom. The lowest BCUT2D eigenvalue weighted by atomic mass is 10.2. The number of nitrogens with one attached hydrogen (secondary N) is 1. The molecule has 0 aliphatic heterocycles. The minimum absolute atomic E-state index is 0.224. The van der Waals surface area contributed by atoms with Crippen LogP contribution in [0.5, 0.6) is 0 Å². The lowest BCUT2D eigenvalue weighted by Crippen LogP contribution is -2.25. The van der Waals surface area contributed by atoms with Gasteiger partial charge in [-0.05, 0) is 24.6 Å². The van der Waals surface area contributed by atoms with Crippen molar-refractivity contribution in [3.8, 4) is 0 Å². The van der Waals surface area contributed by atoms with E-state index in [-0.39, 0.29) is 4.90 Å². The number of nitrogens with two attached hydrogens (primary N) is 1. The third kappa shape index (κ3) is 4.36. The van der Waals surface area contributed by atoms with Crippen molar-refractivity contribution in [1.29, 1.82) is 0 Å². The summed E-state index contributed by atoms with van der Waals surface area (Å²) in [7, 11) is 0.0655. The van der Waals surface area contributed by atoms with Crippen molar-refractivity contribution < 1.29 is 13.2 Å². The van der Waals surface area contributed by atoms with E-state index in [0.717, 1.165) is 13.0 Å². The van der Waals surface area contributed by atoms with Gasteiger partial charge in [-0.25, -0.2) is 13.1 Å². The Balaban J connectivity index is 2.97. The van der Waals surface area contributed by atoms with Crippen molar-refractivity contribution in [2.24, 2.45) is 0 Å². The van der Waals surface area contributed by atoms with Gasteiger partial charge in [-0.1, -0.05) is 6.92 Å². The number of benzene rings is 1. The average Bonchev–Trinajstić information content (AvgIpc) is 2.39. The van der Waals surface area contributed by atoms with Crippen LogP contribution in [-0.2, 0) is 14.8 Å². The molecule has 0 aliphatic rings. The first-order valence-corrected chi connectivity index (χ1v) is 8.00. The van der Waals surface area contributed by atoms with Crippen LogP contribution in [0.2, 0.25) is 0 Å². The van der Waals surface area contributed by atoms with Gasteiger partial charge in [0.1, 0.15) is 0 Å². The minimum Gasteiger partial charge on any atom is -0.397 e. The van der Waals surface area contributed by atoms with E-state index >= 15 is 0 Å². The Labute approximate surface area is 121 Å². The van der Waals surface area contributed by atoms with Crippen LogP contribution < -0.4 is 15.4 Å². The molecule has 0 heterocycles. The summed E-state index contributed by atoms with van der Waals surface area (Å²) in [6.07, 6.45) is 0.844. The largest absolute Gasteiger partial charge is 0.397 e. The minimum atomic E-state index is -3.47. The molecule has 0 radical (unpaired) electrons. The second-order valence-electron chi connectivity index (χ2n) is 4.49. The van der Waals surface area contributed by atoms with E-state index in [9.17, 15) is 8.42 Å². The van der Waals surface area contributed by atoms with E-state index < -0.39 is 10.0 Å². The summed E-state index contributed by atoms with van der Waals surface area (Å²) in [5.41, 5.74) is 7.19. The van der Waals surface area contributed by atoms with Crippen molar-refractivity contribution in [2.45, 2.75) is 18.2 Å². The monoisotopic (exact) mass is 301 g/mol. The van der Waals surface area contributed by atoms with Gasteiger partial charge in [0.2, 0.25) is 10.0 Å². The summed E-state index contributed by atoms with van der Waals surface area (Å²) >= 11 is 0. The lowest BCUT2D eigenvalue weighted by Gasteiger charge is -2.21. The highest BCUT2D eigenvalue weighted by Gasteiger charge is 2.15. The van der Waals surface area contributed by atoms with Gasteiger partial charge >= 0.3 is 0 Å². The van der Waals surface area contributed by atoms with Gasteiger partial charge < -0.3 is 15.4 Å². The second-order valence-corrected chi connectivity index (χ2v) is 6.26. The molecular formula is C13H23N3O3S. The van der Waals surface area contributed by atoms with Gasteiger partial charge in [-0.2, -0.15) is 0 Å². The SMILES string of the molecule is CCNS(=O)(=O)c1ccc(N)c(N(C)CCCOC)c1. The molecule has 1 aromatic rings. The number of nitrogens with zero attached hydrogens (tertiary/aromatic N) is 1. The van der Waals surface area contributed by atoms with Crippen LogP contribution in [0.1, 0.15) is 13.3 Å². The van der Waals surface area contributed by atoms with Crippen molar-refractivity contribution in [3.05, 3.63) is 18.2 Å². The van der Waals surface area contributed by atoms with Crippen molar-refractivity contribution in [2.75, 3.05) is 44.5 Å². The van der Waals surface area contributed by atoms with Crippen LogP contribution in [0.4, 0.5) is 11.4 Å². The summed E-state index contributed by atoms with van der Waals surface area (Å²) in [4.78, 5) is 2.15. The topological polar surface area (TPSA) is 84.7 Å². The molecule has 0 unspecified atom stereocenters. The molecule has 1 rings (SSSR count). The predicted molar refractivity (Wildman–Crippen MR) is 81.5 cm³/mol. The first-order valence-electron chi connectivity index (χ1n) is 6.51. The first kappa shape index (κ1) is 16.7. The van der Waals surface area contributed by atoms with Crippen LogP contribution in [0, 0.1) is 0 Å². The Morgan fingerprint density at radius 2 is 2.10 bits per heavy atom. The molecule has 3 N–H and O–H groups in total. The summed E-state index contributed by atoms with van der Waals surface area (Å²) in [6, 6.07) is 4.73. The van der Waals surface area contributed by atoms with Crippen molar-refractivity contribution in [3.63, 3.8) is 0 Å². The van der Waals surface area contributed by atoms with E-state index in [1.165, 1.54) is 6.07 Å². The molecule has 0 spiro atoms. The molecule has 0 saturated carbocycles. The van der Waals surface area contributed by atoms with E-state index in [1.807, 2.05) is 11.9 Å². The van der Waals surface area contributed by atoms with Crippen molar-refractivity contribution >= 4 is 21.4 Å². The zero-order chi connectivity index (χ0) is 15.2. The number of anilines is 2. The average molecular weight is 301 g/mol. The zero-order valence-corrected chi connectivity index (χ0v) is 13.0. The summed E-state index contributed by atoms with van der Waals surface area (Å²) in [5.74, 6) is 0.